The lowest BCUT2D eigenvalue weighted by Gasteiger charge is -2.37. The van der Waals surface area contributed by atoms with Crippen molar-refractivity contribution in [1.82, 2.24) is 19.4 Å². The second kappa shape index (κ2) is 7.66. The fraction of sp³-hybridized carbons (Fsp3) is 0.600. The molecule has 2 aromatic heterocycles. The van der Waals surface area contributed by atoms with Crippen molar-refractivity contribution in [2.75, 3.05) is 26.2 Å². The van der Waals surface area contributed by atoms with Crippen LogP contribution < -0.4 is 0 Å². The van der Waals surface area contributed by atoms with Gasteiger partial charge in [0.2, 0.25) is 5.91 Å². The summed E-state index contributed by atoms with van der Waals surface area (Å²) >= 11 is 0. The van der Waals surface area contributed by atoms with Gasteiger partial charge in [0.15, 0.2) is 0 Å². The Labute approximate surface area is 154 Å². The summed E-state index contributed by atoms with van der Waals surface area (Å²) in [5.41, 5.74) is 0. The summed E-state index contributed by atoms with van der Waals surface area (Å²) < 4.78 is 7.53. The van der Waals surface area contributed by atoms with Crippen molar-refractivity contribution in [3.05, 3.63) is 42.4 Å². The van der Waals surface area contributed by atoms with Crippen LogP contribution in [0.25, 0.3) is 0 Å². The summed E-state index contributed by atoms with van der Waals surface area (Å²) in [6, 6.07) is 3.95. The molecular weight excluding hydrogens is 328 g/mol. The Balaban J connectivity index is 1.31. The molecule has 0 bridgehead atoms. The normalized spacial score (nSPS) is 22.7. The Hall–Kier alpha value is -2.08. The van der Waals surface area contributed by atoms with Crippen LogP contribution in [0.5, 0.6) is 0 Å². The second-order valence-corrected chi connectivity index (χ2v) is 7.65. The molecule has 2 aliphatic heterocycles. The molecule has 0 spiro atoms. The van der Waals surface area contributed by atoms with Gasteiger partial charge in [-0.05, 0) is 50.9 Å². The average Bonchev–Trinajstić information content (AvgIpc) is 3.33. The molecule has 0 radical (unpaired) electrons. The fourth-order valence-electron chi connectivity index (χ4n) is 4.38. The number of hydrogen-bond acceptors (Lipinski definition) is 4. The molecule has 140 valence electrons. The maximum Gasteiger partial charge on any atom is 0.225 e. The van der Waals surface area contributed by atoms with E-state index in [2.05, 4.69) is 19.4 Å². The Kier molecular flexibility index (Phi) is 5.11. The Morgan fingerprint density at radius 1 is 1.27 bits per heavy atom. The number of piperidine rings is 2. The lowest BCUT2D eigenvalue weighted by atomic mass is 9.92. The number of imidazole rings is 1. The molecule has 1 atom stereocenters. The van der Waals surface area contributed by atoms with E-state index in [0.717, 1.165) is 70.0 Å². The molecule has 6 heteroatoms. The van der Waals surface area contributed by atoms with E-state index >= 15 is 0 Å². The maximum absolute atomic E-state index is 13.0. The SMILES string of the molecule is Cn1ccnc1[C@H]1CCCN(C(=O)C2CCN(Cc3ccco3)CC2)C1. The minimum absolute atomic E-state index is 0.169. The van der Waals surface area contributed by atoms with Crippen molar-refractivity contribution in [3.8, 4) is 0 Å². The van der Waals surface area contributed by atoms with Gasteiger partial charge in [0, 0.05) is 44.4 Å². The highest BCUT2D eigenvalue weighted by atomic mass is 16.3. The van der Waals surface area contributed by atoms with Crippen molar-refractivity contribution < 1.29 is 9.21 Å². The van der Waals surface area contributed by atoms with Gasteiger partial charge in [0.05, 0.1) is 12.8 Å². The van der Waals surface area contributed by atoms with Crippen LogP contribution >= 0.6 is 0 Å². The van der Waals surface area contributed by atoms with Crippen molar-refractivity contribution in [2.24, 2.45) is 13.0 Å². The van der Waals surface area contributed by atoms with E-state index < -0.39 is 0 Å². The van der Waals surface area contributed by atoms with Gasteiger partial charge >= 0.3 is 0 Å². The average molecular weight is 356 g/mol. The third-order valence-corrected chi connectivity index (χ3v) is 5.85. The number of carbonyl (C=O) groups is 1. The van der Waals surface area contributed by atoms with E-state index in [1.54, 1.807) is 6.26 Å². The highest BCUT2D eigenvalue weighted by Gasteiger charge is 2.32. The largest absolute Gasteiger partial charge is 0.468 e. The number of hydrogen-bond donors (Lipinski definition) is 0. The summed E-state index contributed by atoms with van der Waals surface area (Å²) in [6.07, 6.45) is 9.65. The van der Waals surface area contributed by atoms with E-state index in [1.165, 1.54) is 0 Å². The summed E-state index contributed by atoms with van der Waals surface area (Å²) in [6.45, 7) is 4.49. The lowest BCUT2D eigenvalue weighted by Crippen LogP contribution is -2.46. The van der Waals surface area contributed by atoms with Crippen LogP contribution in [0.15, 0.2) is 35.2 Å². The molecule has 0 N–H and O–H groups in total. The van der Waals surface area contributed by atoms with Gasteiger partial charge in [-0.15, -0.1) is 0 Å². The predicted molar refractivity (Wildman–Crippen MR) is 98.5 cm³/mol. The van der Waals surface area contributed by atoms with Crippen molar-refractivity contribution in [1.29, 1.82) is 0 Å². The maximum atomic E-state index is 13.0. The molecule has 2 aromatic rings. The summed E-state index contributed by atoms with van der Waals surface area (Å²) in [5.74, 6) is 3.00. The van der Waals surface area contributed by atoms with E-state index in [-0.39, 0.29) is 5.92 Å². The number of carbonyl (C=O) groups excluding carboxylic acids is 1. The molecule has 26 heavy (non-hydrogen) atoms. The molecule has 0 aliphatic carbocycles. The second-order valence-electron chi connectivity index (χ2n) is 7.65. The first kappa shape index (κ1) is 17.3. The topological polar surface area (TPSA) is 54.5 Å². The zero-order valence-corrected chi connectivity index (χ0v) is 15.5. The monoisotopic (exact) mass is 356 g/mol. The van der Waals surface area contributed by atoms with Crippen molar-refractivity contribution in [3.63, 3.8) is 0 Å². The standard InChI is InChI=1S/C20H28N4O2/c1-22-12-8-21-19(22)17-4-2-9-24(14-17)20(25)16-6-10-23(11-7-16)15-18-5-3-13-26-18/h3,5,8,12-13,16-17H,2,4,6-7,9-11,14-15H2,1H3/t17-/m0/s1. The zero-order valence-electron chi connectivity index (χ0n) is 15.5. The van der Waals surface area contributed by atoms with Crippen molar-refractivity contribution in [2.45, 2.75) is 38.1 Å². The third-order valence-electron chi connectivity index (χ3n) is 5.85. The quantitative estimate of drug-likeness (QED) is 0.845. The first-order valence-corrected chi connectivity index (χ1v) is 9.71. The Bertz CT molecular complexity index is 716. The number of nitrogens with zero attached hydrogens (tertiary/aromatic N) is 4. The predicted octanol–water partition coefficient (Wildman–Crippen LogP) is 2.63. The Morgan fingerprint density at radius 3 is 2.81 bits per heavy atom. The molecule has 2 aliphatic rings. The van der Waals surface area contributed by atoms with Crippen LogP contribution in [0.3, 0.4) is 0 Å². The van der Waals surface area contributed by atoms with Gasteiger partial charge in [0.25, 0.3) is 0 Å². The van der Waals surface area contributed by atoms with Gasteiger partial charge < -0.3 is 13.9 Å². The number of likely N-dealkylation sites (tertiary alicyclic amines) is 2. The minimum atomic E-state index is 0.169. The summed E-state index contributed by atoms with van der Waals surface area (Å²) in [4.78, 5) is 22.0. The number of amides is 1. The van der Waals surface area contributed by atoms with Crippen LogP contribution in [0.2, 0.25) is 0 Å². The van der Waals surface area contributed by atoms with Crippen LogP contribution in [0.1, 0.15) is 43.2 Å². The molecule has 4 heterocycles. The third kappa shape index (κ3) is 3.70. The first-order chi connectivity index (χ1) is 12.7. The van der Waals surface area contributed by atoms with Crippen LogP contribution in [0.4, 0.5) is 0 Å². The van der Waals surface area contributed by atoms with Gasteiger partial charge in [-0.2, -0.15) is 0 Å². The number of aromatic nitrogens is 2. The van der Waals surface area contributed by atoms with E-state index in [4.69, 9.17) is 4.42 Å². The van der Waals surface area contributed by atoms with Crippen LogP contribution in [-0.4, -0.2) is 51.4 Å². The smallest absolute Gasteiger partial charge is 0.225 e. The van der Waals surface area contributed by atoms with Crippen LogP contribution in [-0.2, 0) is 18.4 Å². The molecule has 0 aromatic carbocycles. The first-order valence-electron chi connectivity index (χ1n) is 9.71. The summed E-state index contributed by atoms with van der Waals surface area (Å²) in [5, 5.41) is 0. The molecule has 1 amide bonds. The molecule has 2 saturated heterocycles. The van der Waals surface area contributed by atoms with E-state index in [0.29, 0.717) is 11.8 Å². The van der Waals surface area contributed by atoms with Crippen LogP contribution in [0, 0.1) is 5.92 Å². The molecule has 6 nitrogen and oxygen atoms in total. The highest BCUT2D eigenvalue weighted by molar-refractivity contribution is 5.79. The van der Waals surface area contributed by atoms with E-state index in [1.807, 2.05) is 31.6 Å². The highest BCUT2D eigenvalue weighted by Crippen LogP contribution is 2.28. The molecule has 0 unspecified atom stereocenters. The number of aryl methyl sites for hydroxylation is 1. The van der Waals surface area contributed by atoms with Gasteiger partial charge in [-0.3, -0.25) is 9.69 Å². The number of rotatable bonds is 4. The fourth-order valence-corrected chi connectivity index (χ4v) is 4.38. The number of furan rings is 1. The van der Waals surface area contributed by atoms with Crippen molar-refractivity contribution >= 4 is 5.91 Å². The van der Waals surface area contributed by atoms with Gasteiger partial charge in [-0.25, -0.2) is 4.98 Å². The zero-order chi connectivity index (χ0) is 17.9. The lowest BCUT2D eigenvalue weighted by molar-refractivity contribution is -0.138. The minimum Gasteiger partial charge on any atom is -0.468 e. The van der Waals surface area contributed by atoms with Gasteiger partial charge in [-0.1, -0.05) is 0 Å². The molecule has 0 saturated carbocycles. The molecular formula is C20H28N4O2. The Morgan fingerprint density at radius 2 is 2.12 bits per heavy atom. The van der Waals surface area contributed by atoms with E-state index in [9.17, 15) is 4.79 Å². The molecule has 2 fully saturated rings. The van der Waals surface area contributed by atoms with Gasteiger partial charge in [0.1, 0.15) is 11.6 Å². The summed E-state index contributed by atoms with van der Waals surface area (Å²) in [7, 11) is 2.04. The molecule has 4 rings (SSSR count).